The zero-order chi connectivity index (χ0) is 59.1. The molecule has 0 aliphatic carbocycles. The summed E-state index contributed by atoms with van der Waals surface area (Å²) < 4.78 is 20.5. The zero-order valence-corrected chi connectivity index (χ0v) is 58.4. The van der Waals surface area contributed by atoms with Crippen LogP contribution in [0.4, 0.5) is 0 Å². The monoisotopic (exact) mass is 1160 g/mol. The lowest BCUT2D eigenvalue weighted by Crippen LogP contribution is -2.28. The fourth-order valence-electron chi connectivity index (χ4n) is 15.2. The lowest BCUT2D eigenvalue weighted by Gasteiger charge is -2.27. The van der Waals surface area contributed by atoms with Crippen molar-refractivity contribution in [2.75, 3.05) is 25.0 Å². The van der Waals surface area contributed by atoms with Gasteiger partial charge in [0.1, 0.15) is 0 Å². The molecule has 0 rings (SSSR count). The molecule has 0 spiro atoms. The second kappa shape index (κ2) is 53.9. The minimum absolute atomic E-state index is 0.174. The number of ether oxygens (including phenoxy) is 3. The van der Waals surface area contributed by atoms with Gasteiger partial charge in [-0.3, -0.25) is 0 Å². The summed E-state index contributed by atoms with van der Waals surface area (Å²) >= 11 is 12.0. The maximum Gasteiger partial charge on any atom is 0.160 e. The molecule has 0 aromatic carbocycles. The fourth-order valence-corrected chi connectivity index (χ4v) is 15.6. The Morgan fingerprint density at radius 1 is 0.228 bits per heavy atom. The van der Waals surface area contributed by atoms with Crippen LogP contribution < -0.4 is 0 Å². The number of hydrogen-bond acceptors (Lipinski definition) is 3. The highest BCUT2D eigenvalue weighted by molar-refractivity contribution is 6.18. The van der Waals surface area contributed by atoms with Gasteiger partial charge in [-0.1, -0.05) is 214 Å². The largest absolute Gasteiger partial charge is 0.353 e. The van der Waals surface area contributed by atoms with E-state index in [0.717, 1.165) is 159 Å². The van der Waals surface area contributed by atoms with Crippen LogP contribution in [-0.2, 0) is 14.2 Å². The van der Waals surface area contributed by atoms with Crippen LogP contribution in [-0.4, -0.2) is 37.6 Å². The van der Waals surface area contributed by atoms with Gasteiger partial charge in [0, 0.05) is 25.0 Å². The molecule has 0 fully saturated rings. The molecule has 0 saturated carbocycles. The van der Waals surface area contributed by atoms with Gasteiger partial charge in [-0.25, -0.2) is 0 Å². The summed E-state index contributed by atoms with van der Waals surface area (Å²) in [4.78, 5) is 0. The van der Waals surface area contributed by atoms with E-state index in [4.69, 9.17) is 37.4 Å². The van der Waals surface area contributed by atoms with E-state index in [-0.39, 0.29) is 12.6 Å². The standard InChI is InChI=1S/C74H148Cl2O3/c1-17-19-21-23-25-27-29-31-45-77-73(41-33-37-59(3)47-63(7)51-67(11)55-71(15)57-69(13)53-65(9)49-61(5)39-35-43-75)79-74(78-46-32-30-28-26-24-22-20-18-2)42-34-38-60(4)48-64(8)52-68(12)56-72(16)58-70(14)54-66(10)50-62(6)40-36-44-76/h59-74H,17-58H2,1-16H3. The molecule has 0 N–H and O–H groups in total. The Bertz CT molecular complexity index is 1160. The van der Waals surface area contributed by atoms with Gasteiger partial charge in [0.2, 0.25) is 0 Å². The van der Waals surface area contributed by atoms with Gasteiger partial charge >= 0.3 is 0 Å². The first-order valence-corrected chi connectivity index (χ1v) is 36.9. The average molecular weight is 1160 g/mol. The van der Waals surface area contributed by atoms with Crippen LogP contribution >= 0.6 is 23.2 Å². The molecule has 0 saturated heterocycles. The fraction of sp³-hybridized carbons (Fsp3) is 1.00. The molecule has 0 aliphatic rings. The number of unbranched alkanes of at least 4 members (excludes halogenated alkanes) is 14. The van der Waals surface area contributed by atoms with E-state index in [1.807, 2.05) is 0 Å². The Hall–Kier alpha value is 0.460. The third-order valence-corrected chi connectivity index (χ3v) is 19.0. The van der Waals surface area contributed by atoms with Crippen molar-refractivity contribution in [3.63, 3.8) is 0 Å². The van der Waals surface area contributed by atoms with Crippen LogP contribution in [0.1, 0.15) is 355 Å². The number of rotatable bonds is 60. The van der Waals surface area contributed by atoms with E-state index in [1.165, 1.54) is 193 Å². The second-order valence-corrected chi connectivity index (χ2v) is 30.3. The van der Waals surface area contributed by atoms with Crippen LogP contribution in [0.25, 0.3) is 0 Å². The molecule has 79 heavy (non-hydrogen) atoms. The molecular weight excluding hydrogens is 1010 g/mol. The summed E-state index contributed by atoms with van der Waals surface area (Å²) in [5.74, 6) is 12.6. The molecule has 16 atom stereocenters. The van der Waals surface area contributed by atoms with Crippen molar-refractivity contribution in [3.05, 3.63) is 0 Å². The number of halogens is 2. The molecule has 0 heterocycles. The lowest BCUT2D eigenvalue weighted by atomic mass is 9.80. The van der Waals surface area contributed by atoms with Crippen LogP contribution in [0, 0.1) is 82.9 Å². The third-order valence-electron chi connectivity index (χ3n) is 18.5. The maximum absolute atomic E-state index is 7.00. The van der Waals surface area contributed by atoms with Crippen LogP contribution in [0.3, 0.4) is 0 Å². The lowest BCUT2D eigenvalue weighted by molar-refractivity contribution is -0.250. The number of hydrogen-bond donors (Lipinski definition) is 0. The average Bonchev–Trinajstić information content (AvgIpc) is 3.35. The van der Waals surface area contributed by atoms with Gasteiger partial charge in [0.25, 0.3) is 0 Å². The molecule has 0 radical (unpaired) electrons. The maximum atomic E-state index is 7.00. The van der Waals surface area contributed by atoms with Crippen molar-refractivity contribution in [1.29, 1.82) is 0 Å². The molecule has 0 bridgehead atoms. The molecule has 5 heteroatoms. The first-order chi connectivity index (χ1) is 37.8. The van der Waals surface area contributed by atoms with Gasteiger partial charge in [-0.2, -0.15) is 0 Å². The van der Waals surface area contributed by atoms with Crippen LogP contribution in [0.2, 0.25) is 0 Å². The molecule has 0 amide bonds. The van der Waals surface area contributed by atoms with E-state index < -0.39 is 0 Å². The summed E-state index contributed by atoms with van der Waals surface area (Å²) in [6, 6.07) is 0. The topological polar surface area (TPSA) is 27.7 Å². The quantitative estimate of drug-likeness (QED) is 0.0345. The van der Waals surface area contributed by atoms with Crippen molar-refractivity contribution in [1.82, 2.24) is 0 Å². The van der Waals surface area contributed by atoms with Gasteiger partial charge in [-0.15, -0.1) is 23.2 Å². The van der Waals surface area contributed by atoms with Crippen molar-refractivity contribution in [2.45, 2.75) is 367 Å². The normalized spacial score (nSPS) is 18.5. The Morgan fingerprint density at radius 2 is 0.430 bits per heavy atom. The highest BCUT2D eigenvalue weighted by Crippen LogP contribution is 2.34. The van der Waals surface area contributed by atoms with E-state index in [1.54, 1.807) is 0 Å². The van der Waals surface area contributed by atoms with E-state index in [9.17, 15) is 0 Å². The molecule has 476 valence electrons. The molecule has 0 aromatic rings. The van der Waals surface area contributed by atoms with E-state index in [2.05, 4.69) is 111 Å². The summed E-state index contributed by atoms with van der Waals surface area (Å²) in [5.41, 5.74) is 0. The van der Waals surface area contributed by atoms with E-state index in [0.29, 0.717) is 0 Å². The first-order valence-electron chi connectivity index (χ1n) is 35.8. The van der Waals surface area contributed by atoms with Crippen LogP contribution in [0.5, 0.6) is 0 Å². The molecule has 16 unspecified atom stereocenters. The molecule has 3 nitrogen and oxygen atoms in total. The predicted molar refractivity (Wildman–Crippen MR) is 357 cm³/mol. The molecular formula is C74H148Cl2O3. The second-order valence-electron chi connectivity index (χ2n) is 29.5. The minimum Gasteiger partial charge on any atom is -0.353 e. The van der Waals surface area contributed by atoms with Crippen molar-refractivity contribution >= 4 is 23.2 Å². The summed E-state index contributed by atoms with van der Waals surface area (Å²) in [6.07, 6.45) is 48.7. The summed E-state index contributed by atoms with van der Waals surface area (Å²) in [7, 11) is 0. The Balaban J connectivity index is 5.46. The Labute approximate surface area is 509 Å². The van der Waals surface area contributed by atoms with Crippen molar-refractivity contribution in [3.8, 4) is 0 Å². The number of alkyl halides is 2. The van der Waals surface area contributed by atoms with Gasteiger partial charge in [0.05, 0.1) is 0 Å². The zero-order valence-electron chi connectivity index (χ0n) is 56.9. The third kappa shape index (κ3) is 51.4. The Morgan fingerprint density at radius 3 is 0.658 bits per heavy atom. The minimum atomic E-state index is -0.174. The highest BCUT2D eigenvalue weighted by atomic mass is 35.5. The summed E-state index contributed by atoms with van der Waals surface area (Å²) in [5, 5.41) is 0. The van der Waals surface area contributed by atoms with Gasteiger partial charge in [0.15, 0.2) is 12.6 Å². The molecule has 0 aliphatic heterocycles. The van der Waals surface area contributed by atoms with Gasteiger partial charge in [-0.05, 0) is 224 Å². The first kappa shape index (κ1) is 79.5. The smallest absolute Gasteiger partial charge is 0.160 e. The predicted octanol–water partition coefficient (Wildman–Crippen LogP) is 25.9. The van der Waals surface area contributed by atoms with Crippen molar-refractivity contribution < 1.29 is 14.2 Å². The molecule has 0 aromatic heterocycles. The highest BCUT2D eigenvalue weighted by Gasteiger charge is 2.23. The van der Waals surface area contributed by atoms with Crippen molar-refractivity contribution in [2.24, 2.45) is 82.9 Å². The van der Waals surface area contributed by atoms with Crippen LogP contribution in [0.15, 0.2) is 0 Å². The van der Waals surface area contributed by atoms with E-state index >= 15 is 0 Å². The van der Waals surface area contributed by atoms with Gasteiger partial charge < -0.3 is 14.2 Å². The SMILES string of the molecule is CCCCCCCCCCOC(CCCC(C)CC(C)CC(C)CC(C)CC(C)CC(C)CC(C)CCCCl)OC(CCCC(C)CC(C)CC(C)CC(C)CC(C)CC(C)CC(C)CCCCl)OCCCCCCCCCC. The summed E-state index contributed by atoms with van der Waals surface area (Å²) in [6.45, 7) is 41.3. The Kier molecular flexibility index (Phi) is 54.2.